The minimum absolute atomic E-state index is 0.517. The number of pyridine rings is 1. The zero-order chi connectivity index (χ0) is 14.3. The predicted octanol–water partition coefficient (Wildman–Crippen LogP) is 4.60. The fourth-order valence-electron chi connectivity index (χ4n) is 2.12. The number of hydrogen-bond donors (Lipinski definition) is 0. The van der Waals surface area contributed by atoms with E-state index in [9.17, 15) is 5.26 Å². The van der Waals surface area contributed by atoms with Crippen molar-refractivity contribution in [2.24, 2.45) is 0 Å². The number of imidazole rings is 1. The van der Waals surface area contributed by atoms with Gasteiger partial charge in [-0.2, -0.15) is 5.26 Å². The van der Waals surface area contributed by atoms with Gasteiger partial charge in [0.05, 0.1) is 0 Å². The minimum atomic E-state index is 0.517. The van der Waals surface area contributed by atoms with E-state index in [4.69, 9.17) is 11.6 Å². The second-order valence-electron chi connectivity index (χ2n) is 4.46. The average molecular weight is 347 g/mol. The quantitative estimate of drug-likeness (QED) is 0.646. The largest absolute Gasteiger partial charge is 0.290 e. The van der Waals surface area contributed by atoms with E-state index in [0.29, 0.717) is 16.4 Å². The highest BCUT2D eigenvalue weighted by Gasteiger charge is 2.14. The van der Waals surface area contributed by atoms with Crippen molar-refractivity contribution in [3.8, 4) is 17.3 Å². The van der Waals surface area contributed by atoms with Crippen LogP contribution in [0.4, 0.5) is 0 Å². The fraction of sp³-hybridized carbons (Fsp3) is 0.0667. The average Bonchev–Trinajstić information content (AvgIpc) is 2.79. The molecule has 0 bridgehead atoms. The molecule has 1 aromatic carbocycles. The Bertz CT molecular complexity index is 861. The van der Waals surface area contributed by atoms with Gasteiger partial charge in [0.25, 0.3) is 0 Å². The van der Waals surface area contributed by atoms with Crippen molar-refractivity contribution in [3.63, 3.8) is 0 Å². The first-order chi connectivity index (χ1) is 9.60. The summed E-state index contributed by atoms with van der Waals surface area (Å²) in [7, 11) is 0. The van der Waals surface area contributed by atoms with Gasteiger partial charge in [0.1, 0.15) is 17.4 Å². The van der Waals surface area contributed by atoms with Crippen LogP contribution < -0.4 is 0 Å². The Morgan fingerprint density at radius 2 is 2.10 bits per heavy atom. The van der Waals surface area contributed by atoms with Gasteiger partial charge in [-0.05, 0) is 52.7 Å². The highest BCUT2D eigenvalue weighted by Crippen LogP contribution is 2.28. The van der Waals surface area contributed by atoms with Crippen LogP contribution in [-0.4, -0.2) is 9.38 Å². The van der Waals surface area contributed by atoms with E-state index in [1.165, 1.54) is 0 Å². The Kier molecular flexibility index (Phi) is 3.25. The number of nitrogens with zero attached hydrogens (tertiary/aromatic N) is 3. The lowest BCUT2D eigenvalue weighted by Crippen LogP contribution is -1.89. The first kappa shape index (κ1) is 13.2. The molecule has 5 heteroatoms. The summed E-state index contributed by atoms with van der Waals surface area (Å²) in [5.74, 6) is 0. The Balaban J connectivity index is 2.31. The van der Waals surface area contributed by atoms with Crippen LogP contribution in [0.2, 0.25) is 5.02 Å². The van der Waals surface area contributed by atoms with E-state index in [0.717, 1.165) is 21.2 Å². The molecule has 3 aromatic rings. The molecule has 2 aromatic heterocycles. The van der Waals surface area contributed by atoms with Crippen LogP contribution in [0.1, 0.15) is 11.3 Å². The Hall–Kier alpha value is -1.83. The van der Waals surface area contributed by atoms with Crippen LogP contribution in [0, 0.1) is 18.3 Å². The van der Waals surface area contributed by atoms with Crippen molar-refractivity contribution >= 4 is 33.2 Å². The summed E-state index contributed by atoms with van der Waals surface area (Å²) in [5.41, 5.74) is 3.79. The van der Waals surface area contributed by atoms with Gasteiger partial charge in [-0.3, -0.25) is 4.40 Å². The molecule has 0 aliphatic carbocycles. The molecule has 98 valence electrons. The first-order valence-electron chi connectivity index (χ1n) is 5.94. The number of rotatable bonds is 1. The molecule has 0 aliphatic heterocycles. The molecule has 0 amide bonds. The molecule has 2 heterocycles. The molecule has 3 nitrogen and oxygen atoms in total. The minimum Gasteiger partial charge on any atom is -0.290 e. The normalized spacial score (nSPS) is 10.7. The van der Waals surface area contributed by atoms with E-state index >= 15 is 0 Å². The van der Waals surface area contributed by atoms with E-state index < -0.39 is 0 Å². The molecule has 0 N–H and O–H groups in total. The predicted molar refractivity (Wildman–Crippen MR) is 82.8 cm³/mol. The highest BCUT2D eigenvalue weighted by atomic mass is 79.9. The molecule has 0 spiro atoms. The number of aromatic nitrogens is 2. The molecule has 0 fully saturated rings. The smallest absolute Gasteiger partial charge is 0.152 e. The second-order valence-corrected chi connectivity index (χ2v) is 5.78. The summed E-state index contributed by atoms with van der Waals surface area (Å²) in [4.78, 5) is 4.54. The Labute approximate surface area is 129 Å². The van der Waals surface area contributed by atoms with Gasteiger partial charge in [-0.15, -0.1) is 0 Å². The van der Waals surface area contributed by atoms with Crippen LogP contribution in [0.15, 0.2) is 41.0 Å². The van der Waals surface area contributed by atoms with Gasteiger partial charge in [0, 0.05) is 21.3 Å². The number of hydrogen-bond acceptors (Lipinski definition) is 2. The maximum absolute atomic E-state index is 9.43. The third-order valence-corrected chi connectivity index (χ3v) is 4.01. The van der Waals surface area contributed by atoms with Crippen LogP contribution in [0.5, 0.6) is 0 Å². The monoisotopic (exact) mass is 345 g/mol. The van der Waals surface area contributed by atoms with E-state index in [1.807, 2.05) is 43.5 Å². The number of aryl methyl sites for hydroxylation is 1. The first-order valence-corrected chi connectivity index (χ1v) is 7.11. The van der Waals surface area contributed by atoms with Gasteiger partial charge < -0.3 is 0 Å². The Morgan fingerprint density at radius 1 is 1.30 bits per heavy atom. The molecule has 0 saturated carbocycles. The second kappa shape index (κ2) is 4.93. The topological polar surface area (TPSA) is 41.1 Å². The molecular formula is C15H9BrClN3. The van der Waals surface area contributed by atoms with Gasteiger partial charge in [0.15, 0.2) is 5.69 Å². The van der Waals surface area contributed by atoms with Crippen molar-refractivity contribution in [1.82, 2.24) is 9.38 Å². The zero-order valence-electron chi connectivity index (χ0n) is 10.6. The lowest BCUT2D eigenvalue weighted by atomic mass is 10.1. The maximum Gasteiger partial charge on any atom is 0.152 e. The van der Waals surface area contributed by atoms with Crippen LogP contribution in [-0.2, 0) is 0 Å². The molecule has 0 aliphatic rings. The fourth-order valence-corrected chi connectivity index (χ4v) is 2.57. The van der Waals surface area contributed by atoms with Gasteiger partial charge in [-0.25, -0.2) is 4.98 Å². The van der Waals surface area contributed by atoms with Crippen LogP contribution >= 0.6 is 27.5 Å². The third-order valence-electron chi connectivity index (χ3n) is 3.12. The summed E-state index contributed by atoms with van der Waals surface area (Å²) >= 11 is 9.45. The Morgan fingerprint density at radius 3 is 2.80 bits per heavy atom. The van der Waals surface area contributed by atoms with Gasteiger partial charge >= 0.3 is 0 Å². The van der Waals surface area contributed by atoms with E-state index in [2.05, 4.69) is 27.0 Å². The maximum atomic E-state index is 9.43. The summed E-state index contributed by atoms with van der Waals surface area (Å²) in [6, 6.07) is 11.7. The molecule has 20 heavy (non-hydrogen) atoms. The number of nitriles is 1. The molecule has 0 saturated heterocycles. The standard InChI is InChI=1S/C15H9BrClN3/c1-9-6-10(2-4-12(9)17)15-13(7-18)20-8-11(16)3-5-14(20)19-15/h2-6,8H,1H3. The van der Waals surface area contributed by atoms with Gasteiger partial charge in [0.2, 0.25) is 0 Å². The van der Waals surface area contributed by atoms with Crippen LogP contribution in [0.3, 0.4) is 0 Å². The lowest BCUT2D eigenvalue weighted by molar-refractivity contribution is 1.14. The lowest BCUT2D eigenvalue weighted by Gasteiger charge is -2.02. The van der Waals surface area contributed by atoms with Crippen LogP contribution in [0.25, 0.3) is 16.9 Å². The van der Waals surface area contributed by atoms with E-state index in [1.54, 1.807) is 4.40 Å². The van der Waals surface area contributed by atoms with Crippen molar-refractivity contribution in [3.05, 3.63) is 57.3 Å². The van der Waals surface area contributed by atoms with Crippen molar-refractivity contribution in [2.45, 2.75) is 6.92 Å². The molecule has 0 unspecified atom stereocenters. The summed E-state index contributed by atoms with van der Waals surface area (Å²) in [6.45, 7) is 1.93. The number of fused-ring (bicyclic) bond motifs is 1. The zero-order valence-corrected chi connectivity index (χ0v) is 12.9. The van der Waals surface area contributed by atoms with Gasteiger partial charge in [-0.1, -0.05) is 17.7 Å². The van der Waals surface area contributed by atoms with Crippen molar-refractivity contribution < 1.29 is 0 Å². The SMILES string of the molecule is Cc1cc(-c2nc3ccc(Br)cn3c2C#N)ccc1Cl. The summed E-state index contributed by atoms with van der Waals surface area (Å²) in [5, 5.41) is 10.1. The van der Waals surface area contributed by atoms with Crippen molar-refractivity contribution in [1.29, 1.82) is 5.26 Å². The summed E-state index contributed by atoms with van der Waals surface area (Å²) in [6.07, 6.45) is 1.84. The van der Waals surface area contributed by atoms with Crippen molar-refractivity contribution in [2.75, 3.05) is 0 Å². The third kappa shape index (κ3) is 2.09. The highest BCUT2D eigenvalue weighted by molar-refractivity contribution is 9.10. The molecular weight excluding hydrogens is 338 g/mol. The number of benzene rings is 1. The molecule has 0 radical (unpaired) electrons. The summed E-state index contributed by atoms with van der Waals surface area (Å²) < 4.78 is 2.68. The van der Waals surface area contributed by atoms with E-state index in [-0.39, 0.29) is 0 Å². The molecule has 3 rings (SSSR count). The molecule has 0 atom stereocenters. The number of halogens is 2.